The number of nitrogens with zero attached hydrogens (tertiary/aromatic N) is 2. The summed E-state index contributed by atoms with van der Waals surface area (Å²) >= 11 is 1.35. The number of pyridine rings is 1. The zero-order valence-corrected chi connectivity index (χ0v) is 10.3. The number of amides is 3. The predicted molar refractivity (Wildman–Crippen MR) is 64.7 cm³/mol. The van der Waals surface area contributed by atoms with Crippen molar-refractivity contribution < 1.29 is 14.4 Å². The maximum atomic E-state index is 11.8. The molecule has 0 unspecified atom stereocenters. The molecule has 1 aromatic rings. The molecule has 1 aliphatic rings. The van der Waals surface area contributed by atoms with E-state index in [1.165, 1.54) is 16.7 Å². The fourth-order valence-corrected chi connectivity index (χ4v) is 2.27. The molecule has 0 saturated carbocycles. The van der Waals surface area contributed by atoms with Crippen LogP contribution in [0.3, 0.4) is 0 Å². The van der Waals surface area contributed by atoms with Gasteiger partial charge in [0, 0.05) is 17.3 Å². The van der Waals surface area contributed by atoms with Gasteiger partial charge in [0.1, 0.15) is 13.1 Å². The standard InChI is InChI=1S/C11H11N3O3S/c15-9-5-14(6-10(16)13-9)11(17)7-18-8-1-3-12-4-2-8/h1-4H,5-7H2,(H,13,15,16). The highest BCUT2D eigenvalue weighted by atomic mass is 32.2. The summed E-state index contributed by atoms with van der Waals surface area (Å²) in [6, 6.07) is 3.60. The normalized spacial score (nSPS) is 15.4. The molecule has 0 atom stereocenters. The van der Waals surface area contributed by atoms with Crippen molar-refractivity contribution in [1.29, 1.82) is 0 Å². The number of thioether (sulfide) groups is 1. The predicted octanol–water partition coefficient (Wildman–Crippen LogP) is -0.341. The van der Waals surface area contributed by atoms with Crippen LogP contribution < -0.4 is 5.32 Å². The highest BCUT2D eigenvalue weighted by Gasteiger charge is 2.25. The van der Waals surface area contributed by atoms with Crippen molar-refractivity contribution in [2.75, 3.05) is 18.8 Å². The van der Waals surface area contributed by atoms with Gasteiger partial charge in [0.15, 0.2) is 0 Å². The molecule has 0 bridgehead atoms. The molecule has 1 aromatic heterocycles. The molecule has 7 heteroatoms. The molecule has 18 heavy (non-hydrogen) atoms. The van der Waals surface area contributed by atoms with Crippen LogP contribution in [0.5, 0.6) is 0 Å². The largest absolute Gasteiger partial charge is 0.323 e. The SMILES string of the molecule is O=C1CN(C(=O)CSc2ccncc2)CC(=O)N1. The minimum absolute atomic E-state index is 0.0541. The Bertz CT molecular complexity index is 462. The van der Waals surface area contributed by atoms with Crippen molar-refractivity contribution in [2.45, 2.75) is 4.90 Å². The first-order chi connectivity index (χ1) is 8.65. The molecule has 6 nitrogen and oxygen atoms in total. The Balaban J connectivity index is 1.88. The van der Waals surface area contributed by atoms with Gasteiger partial charge in [-0.15, -0.1) is 11.8 Å². The van der Waals surface area contributed by atoms with E-state index in [9.17, 15) is 14.4 Å². The van der Waals surface area contributed by atoms with E-state index >= 15 is 0 Å². The van der Waals surface area contributed by atoms with Gasteiger partial charge >= 0.3 is 0 Å². The number of imide groups is 1. The van der Waals surface area contributed by atoms with Crippen LogP contribution >= 0.6 is 11.8 Å². The van der Waals surface area contributed by atoms with Gasteiger partial charge in [0.2, 0.25) is 17.7 Å². The highest BCUT2D eigenvalue weighted by molar-refractivity contribution is 8.00. The highest BCUT2D eigenvalue weighted by Crippen LogP contribution is 2.16. The molecule has 94 valence electrons. The number of rotatable bonds is 3. The van der Waals surface area contributed by atoms with Gasteiger partial charge < -0.3 is 4.90 Å². The van der Waals surface area contributed by atoms with Gasteiger partial charge in [0.05, 0.1) is 5.75 Å². The van der Waals surface area contributed by atoms with Crippen molar-refractivity contribution >= 4 is 29.5 Å². The van der Waals surface area contributed by atoms with Crippen LogP contribution in [-0.2, 0) is 14.4 Å². The van der Waals surface area contributed by atoms with E-state index in [4.69, 9.17) is 0 Å². The molecule has 1 saturated heterocycles. The number of hydrogen-bond acceptors (Lipinski definition) is 5. The van der Waals surface area contributed by atoms with E-state index in [1.807, 2.05) is 0 Å². The fourth-order valence-electron chi connectivity index (χ4n) is 1.48. The summed E-state index contributed by atoms with van der Waals surface area (Å²) in [5.41, 5.74) is 0. The third-order valence-electron chi connectivity index (χ3n) is 2.31. The molecule has 0 radical (unpaired) electrons. The maximum absolute atomic E-state index is 11.8. The van der Waals surface area contributed by atoms with Crippen molar-refractivity contribution in [3.63, 3.8) is 0 Å². The monoisotopic (exact) mass is 265 g/mol. The first kappa shape index (κ1) is 12.6. The summed E-state index contributed by atoms with van der Waals surface area (Å²) < 4.78 is 0. The quantitative estimate of drug-likeness (QED) is 0.597. The van der Waals surface area contributed by atoms with E-state index in [0.717, 1.165) is 4.90 Å². The van der Waals surface area contributed by atoms with E-state index in [1.54, 1.807) is 24.5 Å². The molecule has 1 N–H and O–H groups in total. The van der Waals surface area contributed by atoms with Crippen LogP contribution in [-0.4, -0.2) is 46.4 Å². The zero-order valence-electron chi connectivity index (χ0n) is 9.46. The molecule has 1 fully saturated rings. The molecule has 2 heterocycles. The Labute approximate surface area is 108 Å². The number of hydrogen-bond donors (Lipinski definition) is 1. The smallest absolute Gasteiger partial charge is 0.246 e. The van der Waals surface area contributed by atoms with E-state index in [-0.39, 0.29) is 24.7 Å². The van der Waals surface area contributed by atoms with E-state index < -0.39 is 11.8 Å². The molecule has 0 aromatic carbocycles. The Morgan fingerprint density at radius 2 is 1.89 bits per heavy atom. The van der Waals surface area contributed by atoms with Crippen LogP contribution in [0.2, 0.25) is 0 Å². The number of carbonyl (C=O) groups excluding carboxylic acids is 3. The zero-order chi connectivity index (χ0) is 13.0. The minimum atomic E-state index is -0.437. The van der Waals surface area contributed by atoms with Crippen molar-refractivity contribution in [3.8, 4) is 0 Å². The first-order valence-electron chi connectivity index (χ1n) is 5.28. The third-order valence-corrected chi connectivity index (χ3v) is 3.31. The van der Waals surface area contributed by atoms with Crippen molar-refractivity contribution in [2.24, 2.45) is 0 Å². The van der Waals surface area contributed by atoms with Crippen LogP contribution in [0.4, 0.5) is 0 Å². The second kappa shape index (κ2) is 5.63. The number of piperazine rings is 1. The average Bonchev–Trinajstić information content (AvgIpc) is 2.36. The number of nitrogens with one attached hydrogen (secondary N) is 1. The fraction of sp³-hybridized carbons (Fsp3) is 0.273. The summed E-state index contributed by atoms with van der Waals surface area (Å²) in [7, 11) is 0. The summed E-state index contributed by atoms with van der Waals surface area (Å²) in [4.78, 5) is 40.1. The molecule has 0 aliphatic carbocycles. The summed E-state index contributed by atoms with van der Waals surface area (Å²) in [5.74, 6) is -0.896. The van der Waals surface area contributed by atoms with Crippen molar-refractivity contribution in [1.82, 2.24) is 15.2 Å². The molecule has 3 amide bonds. The summed E-state index contributed by atoms with van der Waals surface area (Å²) in [6.45, 7) is -0.108. The number of aromatic nitrogens is 1. The first-order valence-corrected chi connectivity index (χ1v) is 6.27. The van der Waals surface area contributed by atoms with Gasteiger partial charge in [-0.1, -0.05) is 0 Å². The van der Waals surface area contributed by atoms with Gasteiger partial charge in [-0.25, -0.2) is 0 Å². The molecule has 2 rings (SSSR count). The topological polar surface area (TPSA) is 79.4 Å². The second-order valence-electron chi connectivity index (χ2n) is 3.69. The molecular formula is C11H11N3O3S. The van der Waals surface area contributed by atoms with Crippen LogP contribution in [0.25, 0.3) is 0 Å². The van der Waals surface area contributed by atoms with Crippen LogP contribution in [0.1, 0.15) is 0 Å². The third kappa shape index (κ3) is 3.30. The Hall–Kier alpha value is -1.89. The number of carbonyl (C=O) groups is 3. The second-order valence-corrected chi connectivity index (χ2v) is 4.74. The van der Waals surface area contributed by atoms with Gasteiger partial charge in [0.25, 0.3) is 0 Å². The summed E-state index contributed by atoms with van der Waals surface area (Å²) in [5, 5.41) is 2.15. The minimum Gasteiger partial charge on any atom is -0.323 e. The lowest BCUT2D eigenvalue weighted by Gasteiger charge is -2.25. The Morgan fingerprint density at radius 3 is 2.50 bits per heavy atom. The van der Waals surface area contributed by atoms with Crippen LogP contribution in [0, 0.1) is 0 Å². The van der Waals surface area contributed by atoms with E-state index in [2.05, 4.69) is 10.3 Å². The van der Waals surface area contributed by atoms with Crippen LogP contribution in [0.15, 0.2) is 29.4 Å². The van der Waals surface area contributed by atoms with Gasteiger partial charge in [-0.05, 0) is 12.1 Å². The van der Waals surface area contributed by atoms with E-state index in [0.29, 0.717) is 0 Å². The Kier molecular flexibility index (Phi) is 3.93. The maximum Gasteiger partial charge on any atom is 0.246 e. The molecule has 0 spiro atoms. The van der Waals surface area contributed by atoms with Crippen molar-refractivity contribution in [3.05, 3.63) is 24.5 Å². The lowest BCUT2D eigenvalue weighted by molar-refractivity contribution is -0.144. The lowest BCUT2D eigenvalue weighted by atomic mass is 10.3. The van der Waals surface area contributed by atoms with Gasteiger partial charge in [-0.3, -0.25) is 24.7 Å². The lowest BCUT2D eigenvalue weighted by Crippen LogP contribution is -2.53. The average molecular weight is 265 g/mol. The molecular weight excluding hydrogens is 254 g/mol. The summed E-state index contributed by atoms with van der Waals surface area (Å²) in [6.07, 6.45) is 3.29. The van der Waals surface area contributed by atoms with Gasteiger partial charge in [-0.2, -0.15) is 0 Å². The molecule has 1 aliphatic heterocycles. The Morgan fingerprint density at radius 1 is 1.28 bits per heavy atom.